The van der Waals surface area contributed by atoms with Gasteiger partial charge >= 0.3 is 26.2 Å². The molecule has 21 heavy (non-hydrogen) atoms. The zero-order valence-electron chi connectivity index (χ0n) is 14.4. The van der Waals surface area contributed by atoms with Crippen LogP contribution in [0.4, 0.5) is 0 Å². The Balaban J connectivity index is -0.000000270. The smallest absolute Gasteiger partial charge is 1.00 e. The van der Waals surface area contributed by atoms with E-state index in [2.05, 4.69) is 55.4 Å². The molecule has 0 spiro atoms. The predicted octanol–water partition coefficient (Wildman–Crippen LogP) is -0.803. The summed E-state index contributed by atoms with van der Waals surface area (Å²) in [6.45, 7) is 18.1. The number of allylic oxidation sites excluding steroid dienone is 4. The second-order valence-electron chi connectivity index (χ2n) is 5.60. The Morgan fingerprint density at radius 2 is 0.857 bits per heavy atom. The first-order chi connectivity index (χ1) is 8.25. The van der Waals surface area contributed by atoms with Gasteiger partial charge in [0, 0.05) is 13.8 Å². The van der Waals surface area contributed by atoms with E-state index in [1.807, 2.05) is 0 Å². The van der Waals surface area contributed by atoms with Gasteiger partial charge in [0.05, 0.1) is 16.4 Å². The number of halogens is 2. The van der Waals surface area contributed by atoms with Crippen LogP contribution in [0.25, 0.3) is 0 Å². The van der Waals surface area contributed by atoms with Gasteiger partial charge in [-0.05, 0) is 63.8 Å². The van der Waals surface area contributed by atoms with E-state index >= 15 is 0 Å². The van der Waals surface area contributed by atoms with Crippen LogP contribution in [-0.4, -0.2) is 21.9 Å². The van der Waals surface area contributed by atoms with E-state index in [0.717, 1.165) is 27.7 Å². The molecule has 0 amide bonds. The van der Waals surface area contributed by atoms with E-state index in [4.69, 9.17) is 0 Å². The van der Waals surface area contributed by atoms with Crippen molar-refractivity contribution in [3.05, 3.63) is 22.3 Å². The Hall–Kier alpha value is 1.28. The van der Waals surface area contributed by atoms with Crippen LogP contribution >= 0.6 is 16.4 Å². The first-order valence-electron chi connectivity index (χ1n) is 6.81. The fourth-order valence-electron chi connectivity index (χ4n) is 2.32. The van der Waals surface area contributed by atoms with E-state index < -0.39 is 0 Å². The van der Waals surface area contributed by atoms with Gasteiger partial charge < -0.3 is 24.8 Å². The summed E-state index contributed by atoms with van der Waals surface area (Å²) in [5.41, 5.74) is 7.99. The monoisotopic (exact) mass is 442 g/mol. The molecule has 4 unspecified atom stereocenters. The Labute approximate surface area is 166 Å². The molecular formula is C16H28Cl2P2Zr+2. The van der Waals surface area contributed by atoms with Gasteiger partial charge in [0.1, 0.15) is 21.9 Å². The zero-order chi connectivity index (χ0) is 14.0. The maximum atomic E-state index is 2.31. The van der Waals surface area contributed by atoms with E-state index in [9.17, 15) is 0 Å². The summed E-state index contributed by atoms with van der Waals surface area (Å²) >= 11 is 0. The first-order valence-corrected chi connectivity index (χ1v) is 8.96. The molecule has 0 bridgehead atoms. The molecule has 2 aliphatic heterocycles. The van der Waals surface area contributed by atoms with Crippen LogP contribution in [0.3, 0.4) is 0 Å². The van der Waals surface area contributed by atoms with Crippen molar-refractivity contribution in [3.63, 3.8) is 0 Å². The normalized spacial score (nSPS) is 24.8. The van der Waals surface area contributed by atoms with Crippen LogP contribution in [0.5, 0.6) is 0 Å². The number of rotatable bonds is 0. The van der Waals surface area contributed by atoms with Gasteiger partial charge in [-0.3, -0.25) is 0 Å². The molecule has 0 aromatic carbocycles. The molecule has 118 valence electrons. The second kappa shape index (κ2) is 11.8. The van der Waals surface area contributed by atoms with Crippen LogP contribution < -0.4 is 24.8 Å². The third-order valence-corrected chi connectivity index (χ3v) is 7.82. The third kappa shape index (κ3) is 7.14. The molecule has 0 fully saturated rings. The Morgan fingerprint density at radius 1 is 0.619 bits per heavy atom. The topological polar surface area (TPSA) is 0 Å². The second-order valence-corrected chi connectivity index (χ2v) is 9.41. The summed E-state index contributed by atoms with van der Waals surface area (Å²) < 4.78 is 0. The third-order valence-electron chi connectivity index (χ3n) is 4.47. The molecule has 2 aliphatic rings. The summed E-state index contributed by atoms with van der Waals surface area (Å²) in [7, 11) is 2.12. The van der Waals surface area contributed by atoms with Gasteiger partial charge in [-0.2, -0.15) is 0 Å². The zero-order valence-corrected chi connectivity index (χ0v) is 20.4. The number of hydrogen-bond donors (Lipinski definition) is 0. The molecule has 4 atom stereocenters. The minimum Gasteiger partial charge on any atom is -1.00 e. The average molecular weight is 444 g/mol. The maximum Gasteiger partial charge on any atom is 2.00 e. The number of hydrogen-bond acceptors (Lipinski definition) is 0. The van der Waals surface area contributed by atoms with Crippen molar-refractivity contribution in [1.29, 1.82) is 0 Å². The molecule has 2 heterocycles. The first kappa shape index (κ1) is 27.1. The van der Waals surface area contributed by atoms with Gasteiger partial charge in [0.2, 0.25) is 0 Å². The van der Waals surface area contributed by atoms with Crippen LogP contribution in [0.15, 0.2) is 22.3 Å². The van der Waals surface area contributed by atoms with E-state index in [-0.39, 0.29) is 51.0 Å². The fourth-order valence-corrected chi connectivity index (χ4v) is 5.32. The molecule has 2 rings (SSSR count). The molecule has 0 radical (unpaired) electrons. The van der Waals surface area contributed by atoms with E-state index in [1.54, 1.807) is 32.9 Å². The SMILES string of the molecule is CC1=[PH+]C(C)C(C)=C1C.CC1=[PH+]C(C)C(C)=C1C.[Cl-].[Cl-].[Zr+2]. The minimum absolute atomic E-state index is 0. The molecule has 5 heteroatoms. The standard InChI is InChI=1S/2C8H13P.2ClH.Zr/c2*1-5-6(2)8(4)9-7(5)3;;;/h2*7H,1-4H3;2*1H;/q;;;;+2. The van der Waals surface area contributed by atoms with Crippen LogP contribution in [0.2, 0.25) is 0 Å². The van der Waals surface area contributed by atoms with Crippen molar-refractivity contribution in [2.24, 2.45) is 0 Å². The molecule has 0 N–H and O–H groups in total. The van der Waals surface area contributed by atoms with Crippen molar-refractivity contribution in [1.82, 2.24) is 0 Å². The van der Waals surface area contributed by atoms with Crippen molar-refractivity contribution < 1.29 is 51.0 Å². The Bertz CT molecular complexity index is 433. The van der Waals surface area contributed by atoms with Crippen LogP contribution in [0.1, 0.15) is 55.4 Å². The molecule has 0 saturated carbocycles. The van der Waals surface area contributed by atoms with E-state index in [0.29, 0.717) is 0 Å². The summed E-state index contributed by atoms with van der Waals surface area (Å²) in [4.78, 5) is 0. The Morgan fingerprint density at radius 3 is 0.905 bits per heavy atom. The van der Waals surface area contributed by atoms with Crippen molar-refractivity contribution in [2.75, 3.05) is 0 Å². The molecule has 0 aromatic rings. The fraction of sp³-hybridized carbons (Fsp3) is 0.625. The molecular weight excluding hydrogens is 416 g/mol. The van der Waals surface area contributed by atoms with Crippen LogP contribution in [0, 0.1) is 0 Å². The van der Waals surface area contributed by atoms with Crippen molar-refractivity contribution in [3.8, 4) is 0 Å². The van der Waals surface area contributed by atoms with Crippen molar-refractivity contribution >= 4 is 27.0 Å². The van der Waals surface area contributed by atoms with Gasteiger partial charge in [-0.25, -0.2) is 0 Å². The van der Waals surface area contributed by atoms with Gasteiger partial charge in [-0.1, -0.05) is 0 Å². The van der Waals surface area contributed by atoms with Gasteiger partial charge in [-0.15, -0.1) is 0 Å². The van der Waals surface area contributed by atoms with E-state index in [1.165, 1.54) is 0 Å². The largest absolute Gasteiger partial charge is 2.00 e. The summed E-state index contributed by atoms with van der Waals surface area (Å²) in [6.07, 6.45) is 0. The van der Waals surface area contributed by atoms with Crippen LogP contribution in [-0.2, 0) is 26.2 Å². The molecule has 0 nitrogen and oxygen atoms in total. The summed E-state index contributed by atoms with van der Waals surface area (Å²) in [5, 5.41) is 3.22. The molecule has 0 saturated heterocycles. The summed E-state index contributed by atoms with van der Waals surface area (Å²) in [5.74, 6) is 0. The Kier molecular flexibility index (Phi) is 15.2. The van der Waals surface area contributed by atoms with Gasteiger partial charge in [0.15, 0.2) is 0 Å². The summed E-state index contributed by atoms with van der Waals surface area (Å²) in [6, 6.07) is 0. The average Bonchev–Trinajstić information content (AvgIpc) is 2.66. The minimum atomic E-state index is 0. The molecule has 0 aliphatic carbocycles. The van der Waals surface area contributed by atoms with Gasteiger partial charge in [0.25, 0.3) is 0 Å². The quantitative estimate of drug-likeness (QED) is 0.430. The maximum absolute atomic E-state index is 2.31. The predicted molar refractivity (Wildman–Crippen MR) is 93.7 cm³/mol. The van der Waals surface area contributed by atoms with Crippen molar-refractivity contribution in [2.45, 2.75) is 66.7 Å². The molecule has 0 aromatic heterocycles.